The molecule has 1 atom stereocenters. The Morgan fingerprint density at radius 3 is 2.93 bits per heavy atom. The molecule has 5 N–H and O–H groups in total. The third-order valence-corrected chi connectivity index (χ3v) is 4.59. The van der Waals surface area contributed by atoms with Crippen molar-refractivity contribution in [3.63, 3.8) is 0 Å². The van der Waals surface area contributed by atoms with Gasteiger partial charge in [-0.2, -0.15) is 0 Å². The summed E-state index contributed by atoms with van der Waals surface area (Å²) in [5.41, 5.74) is 3.20. The lowest BCUT2D eigenvalue weighted by Crippen LogP contribution is -2.36. The smallest absolute Gasteiger partial charge is 0.280 e. The van der Waals surface area contributed by atoms with Crippen molar-refractivity contribution in [2.75, 3.05) is 6.61 Å². The van der Waals surface area contributed by atoms with Crippen molar-refractivity contribution in [1.82, 2.24) is 25.1 Å². The summed E-state index contributed by atoms with van der Waals surface area (Å²) >= 11 is 0. The van der Waals surface area contributed by atoms with Crippen molar-refractivity contribution in [3.8, 4) is 16.9 Å². The van der Waals surface area contributed by atoms with E-state index < -0.39 is 18.6 Å². The first-order valence-corrected chi connectivity index (χ1v) is 8.96. The van der Waals surface area contributed by atoms with Gasteiger partial charge in [0.05, 0.1) is 23.6 Å². The van der Waals surface area contributed by atoms with E-state index >= 15 is 0 Å². The first kappa shape index (κ1) is 18.7. The quantitative estimate of drug-likeness (QED) is 0.328. The zero-order valence-corrected chi connectivity index (χ0v) is 15.3. The minimum Gasteiger partial charge on any atom is -0.393 e. The van der Waals surface area contributed by atoms with Crippen LogP contribution in [0.15, 0.2) is 59.8 Å². The van der Waals surface area contributed by atoms with E-state index in [4.69, 9.17) is 5.11 Å². The number of fused-ring (bicyclic) bond motifs is 1. The van der Waals surface area contributed by atoms with Crippen LogP contribution in [0, 0.1) is 0 Å². The van der Waals surface area contributed by atoms with Crippen LogP contribution in [-0.4, -0.2) is 48.6 Å². The van der Waals surface area contributed by atoms with Gasteiger partial charge in [-0.3, -0.25) is 19.7 Å². The van der Waals surface area contributed by atoms with E-state index in [9.17, 15) is 14.7 Å². The Bertz CT molecular complexity index is 1190. The summed E-state index contributed by atoms with van der Waals surface area (Å²) in [5, 5.41) is 24.5. The van der Waals surface area contributed by atoms with E-state index in [1.165, 1.54) is 4.68 Å². The SMILES string of the molecule is O=C(NCc1cccc(-n2[nH]cc(-c3cc4cnccc4[nH]3)c2=O)c1)[C@@H](O)CO. The first-order valence-electron chi connectivity index (χ1n) is 8.96. The standard InChI is InChI=1S/C20H19N5O4/c26-11-18(27)19(28)22-8-12-2-1-3-14(6-12)25-20(29)15(10-23-25)17-7-13-9-21-5-4-16(13)24-17/h1-7,9-10,18,23-24,26-27H,8,11H2,(H,22,28)/t18-/m0/s1. The van der Waals surface area contributed by atoms with Crippen LogP contribution in [0.4, 0.5) is 0 Å². The highest BCUT2D eigenvalue weighted by Gasteiger charge is 2.14. The summed E-state index contributed by atoms with van der Waals surface area (Å²) in [5.74, 6) is -0.662. The van der Waals surface area contributed by atoms with Crippen LogP contribution >= 0.6 is 0 Å². The zero-order valence-electron chi connectivity index (χ0n) is 15.3. The van der Waals surface area contributed by atoms with Gasteiger partial charge in [0.25, 0.3) is 11.5 Å². The Balaban J connectivity index is 1.59. The number of pyridine rings is 1. The maximum atomic E-state index is 12.9. The summed E-state index contributed by atoms with van der Waals surface area (Å²) in [7, 11) is 0. The average molecular weight is 393 g/mol. The maximum Gasteiger partial charge on any atom is 0.280 e. The number of aliphatic hydroxyl groups is 2. The molecule has 0 fully saturated rings. The minimum atomic E-state index is -1.46. The Labute approximate surface area is 164 Å². The second-order valence-corrected chi connectivity index (χ2v) is 6.56. The number of aromatic nitrogens is 4. The maximum absolute atomic E-state index is 12.9. The predicted octanol–water partition coefficient (Wildman–Crippen LogP) is 0.678. The van der Waals surface area contributed by atoms with Gasteiger partial charge in [-0.05, 0) is 29.8 Å². The predicted molar refractivity (Wildman–Crippen MR) is 106 cm³/mol. The van der Waals surface area contributed by atoms with E-state index in [1.54, 1.807) is 42.9 Å². The molecule has 1 aromatic carbocycles. The highest BCUT2D eigenvalue weighted by atomic mass is 16.3. The van der Waals surface area contributed by atoms with Gasteiger partial charge >= 0.3 is 0 Å². The molecule has 0 unspecified atom stereocenters. The summed E-state index contributed by atoms with van der Waals surface area (Å²) in [4.78, 5) is 31.8. The molecule has 0 saturated heterocycles. The van der Waals surface area contributed by atoms with E-state index in [0.29, 0.717) is 16.9 Å². The molecule has 0 radical (unpaired) electrons. The van der Waals surface area contributed by atoms with Gasteiger partial charge in [-0.25, -0.2) is 4.68 Å². The normalized spacial score (nSPS) is 12.2. The number of rotatable bonds is 6. The van der Waals surface area contributed by atoms with Crippen molar-refractivity contribution < 1.29 is 15.0 Å². The molecule has 0 aliphatic carbocycles. The molecule has 0 spiro atoms. The third kappa shape index (κ3) is 3.68. The number of amides is 1. The number of hydrogen-bond donors (Lipinski definition) is 5. The Morgan fingerprint density at radius 1 is 1.28 bits per heavy atom. The number of aliphatic hydroxyl groups excluding tert-OH is 2. The Kier molecular flexibility index (Phi) is 4.98. The third-order valence-electron chi connectivity index (χ3n) is 4.59. The zero-order chi connectivity index (χ0) is 20.4. The van der Waals surface area contributed by atoms with Crippen LogP contribution in [-0.2, 0) is 11.3 Å². The van der Waals surface area contributed by atoms with Crippen molar-refractivity contribution in [1.29, 1.82) is 0 Å². The number of nitrogens with zero attached hydrogens (tertiary/aromatic N) is 2. The molecule has 9 nitrogen and oxygen atoms in total. The van der Waals surface area contributed by atoms with Crippen LogP contribution in [0.1, 0.15) is 5.56 Å². The summed E-state index contributed by atoms with van der Waals surface area (Å²) in [6, 6.07) is 10.8. The number of carbonyl (C=O) groups excluding carboxylic acids is 1. The molecule has 3 aromatic heterocycles. The number of H-pyrrole nitrogens is 2. The summed E-state index contributed by atoms with van der Waals surface area (Å²) < 4.78 is 1.41. The Morgan fingerprint density at radius 2 is 2.14 bits per heavy atom. The van der Waals surface area contributed by atoms with Crippen molar-refractivity contribution >= 4 is 16.8 Å². The lowest BCUT2D eigenvalue weighted by Gasteiger charge is -2.10. The minimum absolute atomic E-state index is 0.154. The first-order chi connectivity index (χ1) is 14.1. The van der Waals surface area contributed by atoms with Gasteiger partial charge in [-0.1, -0.05) is 12.1 Å². The van der Waals surface area contributed by atoms with Crippen LogP contribution in [0.25, 0.3) is 27.8 Å². The van der Waals surface area contributed by atoms with E-state index in [0.717, 1.165) is 16.5 Å². The number of aromatic amines is 2. The van der Waals surface area contributed by atoms with Gasteiger partial charge in [0.1, 0.15) is 0 Å². The van der Waals surface area contributed by atoms with Crippen LogP contribution in [0.5, 0.6) is 0 Å². The van der Waals surface area contributed by atoms with Gasteiger partial charge in [0, 0.05) is 36.0 Å². The van der Waals surface area contributed by atoms with Crippen molar-refractivity contribution in [2.24, 2.45) is 0 Å². The fraction of sp³-hybridized carbons (Fsp3) is 0.150. The largest absolute Gasteiger partial charge is 0.393 e. The number of hydrogen-bond acceptors (Lipinski definition) is 5. The van der Waals surface area contributed by atoms with E-state index in [1.807, 2.05) is 12.1 Å². The molecule has 4 rings (SSSR count). The van der Waals surface area contributed by atoms with Crippen molar-refractivity contribution in [2.45, 2.75) is 12.6 Å². The highest BCUT2D eigenvalue weighted by molar-refractivity contribution is 5.84. The molecule has 29 heavy (non-hydrogen) atoms. The second kappa shape index (κ2) is 7.74. The molecule has 9 heteroatoms. The van der Waals surface area contributed by atoms with Gasteiger partial charge in [0.15, 0.2) is 6.10 Å². The molecule has 3 heterocycles. The van der Waals surface area contributed by atoms with Crippen LogP contribution in [0.2, 0.25) is 0 Å². The molecular weight excluding hydrogens is 374 g/mol. The molecule has 4 aromatic rings. The summed E-state index contributed by atoms with van der Waals surface area (Å²) in [6.07, 6.45) is 3.58. The topological polar surface area (TPSA) is 136 Å². The number of nitrogens with one attached hydrogen (secondary N) is 3. The highest BCUT2D eigenvalue weighted by Crippen LogP contribution is 2.21. The molecule has 0 bridgehead atoms. The lowest BCUT2D eigenvalue weighted by molar-refractivity contribution is -0.131. The molecule has 148 valence electrons. The van der Waals surface area contributed by atoms with E-state index in [-0.39, 0.29) is 12.1 Å². The fourth-order valence-electron chi connectivity index (χ4n) is 3.07. The molecular formula is C20H19N5O4. The van der Waals surface area contributed by atoms with E-state index in [2.05, 4.69) is 20.4 Å². The van der Waals surface area contributed by atoms with Gasteiger partial charge in [-0.15, -0.1) is 0 Å². The number of benzene rings is 1. The molecule has 0 aliphatic rings. The average Bonchev–Trinajstić information content (AvgIpc) is 3.34. The monoisotopic (exact) mass is 393 g/mol. The molecule has 0 saturated carbocycles. The van der Waals surface area contributed by atoms with Crippen LogP contribution in [0.3, 0.4) is 0 Å². The van der Waals surface area contributed by atoms with Crippen LogP contribution < -0.4 is 10.9 Å². The van der Waals surface area contributed by atoms with Gasteiger partial charge in [0.2, 0.25) is 0 Å². The van der Waals surface area contributed by atoms with Crippen molar-refractivity contribution in [3.05, 3.63) is 70.9 Å². The fourth-order valence-corrected chi connectivity index (χ4v) is 3.07. The molecule has 1 amide bonds. The second-order valence-electron chi connectivity index (χ2n) is 6.56. The number of carbonyl (C=O) groups is 1. The summed E-state index contributed by atoms with van der Waals surface area (Å²) in [6.45, 7) is -0.489. The Hall–Kier alpha value is -3.69. The molecule has 0 aliphatic heterocycles. The lowest BCUT2D eigenvalue weighted by atomic mass is 10.2. The van der Waals surface area contributed by atoms with Gasteiger partial charge < -0.3 is 20.5 Å².